The number of ether oxygens (including phenoxy) is 3. The summed E-state index contributed by atoms with van der Waals surface area (Å²) in [5.74, 6) is 0.424. The first-order valence-electron chi connectivity index (χ1n) is 10.2. The Hall–Kier alpha value is -2.57. The monoisotopic (exact) mass is 416 g/mol. The van der Waals surface area contributed by atoms with E-state index in [1.807, 2.05) is 62.4 Å². The first kappa shape index (κ1) is 23.7. The van der Waals surface area contributed by atoms with Gasteiger partial charge in [-0.05, 0) is 63.1 Å². The van der Waals surface area contributed by atoms with Crippen molar-refractivity contribution >= 4 is 5.97 Å². The van der Waals surface area contributed by atoms with E-state index in [0.29, 0.717) is 31.1 Å². The zero-order chi connectivity index (χ0) is 22.1. The Morgan fingerprint density at radius 3 is 2.17 bits per heavy atom. The van der Waals surface area contributed by atoms with Gasteiger partial charge < -0.3 is 24.4 Å². The molecule has 0 heterocycles. The van der Waals surface area contributed by atoms with Crippen LogP contribution < -0.4 is 9.47 Å². The smallest absolute Gasteiger partial charge is 0.333 e. The normalized spacial score (nSPS) is 12.6. The molecule has 2 aromatic rings. The van der Waals surface area contributed by atoms with Crippen LogP contribution >= 0.6 is 0 Å². The fourth-order valence-corrected chi connectivity index (χ4v) is 2.90. The highest BCUT2D eigenvalue weighted by Gasteiger charge is 2.20. The second kappa shape index (κ2) is 11.0. The van der Waals surface area contributed by atoms with Crippen LogP contribution in [0.3, 0.4) is 0 Å². The quantitative estimate of drug-likeness (QED) is 0.505. The maximum atomic E-state index is 11.4. The molecule has 2 rings (SSSR count). The molecule has 0 radical (unpaired) electrons. The van der Waals surface area contributed by atoms with Gasteiger partial charge in [-0.25, -0.2) is 4.79 Å². The van der Waals surface area contributed by atoms with Crippen LogP contribution in [0.5, 0.6) is 11.5 Å². The molecule has 0 saturated heterocycles. The number of hydrogen-bond donors (Lipinski definition) is 2. The third kappa shape index (κ3) is 8.05. The third-order valence-corrected chi connectivity index (χ3v) is 4.40. The highest BCUT2D eigenvalue weighted by molar-refractivity contribution is 5.72. The van der Waals surface area contributed by atoms with Crippen molar-refractivity contribution in [1.82, 2.24) is 0 Å². The fourth-order valence-electron chi connectivity index (χ4n) is 2.90. The van der Waals surface area contributed by atoms with Crippen molar-refractivity contribution in [2.75, 3.05) is 13.2 Å². The number of aliphatic carboxylic acids is 1. The van der Waals surface area contributed by atoms with E-state index in [0.717, 1.165) is 11.1 Å². The second-order valence-electron chi connectivity index (χ2n) is 8.00. The minimum absolute atomic E-state index is 0.158. The Kier molecular flexibility index (Phi) is 8.69. The Bertz CT molecular complexity index is 809. The molecule has 0 bridgehead atoms. The molecule has 164 valence electrons. The molecule has 0 aliphatic carbocycles. The standard InChI is InChI=1S/C24H32O6/c1-17(2)30-22(23(25)26)15-18-8-5-10-20(14-18)28-12-7-13-29-21-11-6-9-19(16-21)24(3,4)27/h5-6,8-11,14,16-17,22,27H,7,12-13,15H2,1-4H3,(H,25,26). The molecule has 1 atom stereocenters. The first-order valence-corrected chi connectivity index (χ1v) is 10.2. The van der Waals surface area contributed by atoms with Crippen molar-refractivity contribution in [3.05, 3.63) is 59.7 Å². The molecule has 0 fully saturated rings. The van der Waals surface area contributed by atoms with Gasteiger partial charge in [0.15, 0.2) is 6.10 Å². The average Bonchev–Trinajstić information content (AvgIpc) is 2.67. The molecule has 0 aliphatic heterocycles. The summed E-state index contributed by atoms with van der Waals surface area (Å²) in [5.41, 5.74) is 0.738. The highest BCUT2D eigenvalue weighted by atomic mass is 16.5. The van der Waals surface area contributed by atoms with Crippen molar-refractivity contribution in [2.24, 2.45) is 0 Å². The third-order valence-electron chi connectivity index (χ3n) is 4.40. The molecule has 0 aromatic heterocycles. The van der Waals surface area contributed by atoms with Gasteiger partial charge in [0.05, 0.1) is 24.9 Å². The average molecular weight is 417 g/mol. The van der Waals surface area contributed by atoms with Gasteiger partial charge in [-0.3, -0.25) is 0 Å². The largest absolute Gasteiger partial charge is 0.493 e. The first-order chi connectivity index (χ1) is 14.1. The summed E-state index contributed by atoms with van der Waals surface area (Å²) < 4.78 is 17.0. The van der Waals surface area contributed by atoms with Crippen LogP contribution in [0.1, 0.15) is 45.2 Å². The predicted molar refractivity (Wildman–Crippen MR) is 115 cm³/mol. The van der Waals surface area contributed by atoms with E-state index in [-0.39, 0.29) is 12.5 Å². The minimum atomic E-state index is -0.971. The number of carboxylic acids is 1. The summed E-state index contributed by atoms with van der Waals surface area (Å²) in [6.07, 6.45) is -0.0701. The molecule has 6 heteroatoms. The molecule has 0 spiro atoms. The summed E-state index contributed by atoms with van der Waals surface area (Å²) in [7, 11) is 0. The van der Waals surface area contributed by atoms with Crippen LogP contribution in [0.25, 0.3) is 0 Å². The van der Waals surface area contributed by atoms with Gasteiger partial charge in [0, 0.05) is 12.8 Å². The molecule has 0 saturated carbocycles. The van der Waals surface area contributed by atoms with Gasteiger partial charge in [0.25, 0.3) is 0 Å². The fraction of sp³-hybridized carbons (Fsp3) is 0.458. The van der Waals surface area contributed by atoms with Crippen LogP contribution in [-0.4, -0.2) is 41.6 Å². The van der Waals surface area contributed by atoms with E-state index in [9.17, 15) is 15.0 Å². The summed E-state index contributed by atoms with van der Waals surface area (Å²) in [6, 6.07) is 14.8. The van der Waals surface area contributed by atoms with E-state index < -0.39 is 17.7 Å². The lowest BCUT2D eigenvalue weighted by atomic mass is 9.98. The lowest BCUT2D eigenvalue weighted by Crippen LogP contribution is -2.29. The minimum Gasteiger partial charge on any atom is -0.493 e. The Morgan fingerprint density at radius 2 is 1.60 bits per heavy atom. The van der Waals surface area contributed by atoms with E-state index in [4.69, 9.17) is 14.2 Å². The number of aliphatic hydroxyl groups is 1. The summed E-state index contributed by atoms with van der Waals surface area (Å²) in [4.78, 5) is 11.4. The maximum Gasteiger partial charge on any atom is 0.333 e. The van der Waals surface area contributed by atoms with Crippen molar-refractivity contribution in [3.8, 4) is 11.5 Å². The SMILES string of the molecule is CC(C)OC(Cc1cccc(OCCCOc2cccc(C(C)(C)O)c2)c1)C(=O)O. The van der Waals surface area contributed by atoms with Crippen LogP contribution in [0.2, 0.25) is 0 Å². The van der Waals surface area contributed by atoms with Crippen molar-refractivity contribution in [3.63, 3.8) is 0 Å². The number of hydrogen-bond acceptors (Lipinski definition) is 5. The van der Waals surface area contributed by atoms with Crippen LogP contribution in [0, 0.1) is 0 Å². The summed E-state index contributed by atoms with van der Waals surface area (Å²) in [5, 5.41) is 19.4. The molecular formula is C24H32O6. The number of carbonyl (C=O) groups is 1. The van der Waals surface area contributed by atoms with Gasteiger partial charge in [0.2, 0.25) is 0 Å². The van der Waals surface area contributed by atoms with Crippen molar-refractivity contribution in [1.29, 1.82) is 0 Å². The van der Waals surface area contributed by atoms with Gasteiger partial charge in [-0.15, -0.1) is 0 Å². The van der Waals surface area contributed by atoms with Crippen molar-refractivity contribution in [2.45, 2.75) is 58.3 Å². The van der Waals surface area contributed by atoms with E-state index >= 15 is 0 Å². The molecule has 0 amide bonds. The van der Waals surface area contributed by atoms with Gasteiger partial charge >= 0.3 is 5.97 Å². The zero-order valence-electron chi connectivity index (χ0n) is 18.1. The van der Waals surface area contributed by atoms with E-state index in [1.54, 1.807) is 13.8 Å². The summed E-state index contributed by atoms with van der Waals surface area (Å²) >= 11 is 0. The molecule has 0 aliphatic rings. The van der Waals surface area contributed by atoms with E-state index in [1.165, 1.54) is 0 Å². The lowest BCUT2D eigenvalue weighted by Gasteiger charge is -2.18. The zero-order valence-corrected chi connectivity index (χ0v) is 18.1. The molecule has 1 unspecified atom stereocenters. The number of rotatable bonds is 12. The number of carboxylic acid groups (broad SMARTS) is 1. The summed E-state index contributed by atoms with van der Waals surface area (Å²) in [6.45, 7) is 8.07. The second-order valence-corrected chi connectivity index (χ2v) is 8.00. The van der Waals surface area contributed by atoms with Crippen LogP contribution in [-0.2, 0) is 21.6 Å². The predicted octanol–water partition coefficient (Wildman–Crippen LogP) is 4.18. The van der Waals surface area contributed by atoms with Crippen molar-refractivity contribution < 1.29 is 29.2 Å². The Labute approximate surface area is 178 Å². The lowest BCUT2D eigenvalue weighted by molar-refractivity contribution is -0.153. The van der Waals surface area contributed by atoms with Gasteiger partial charge in [-0.1, -0.05) is 24.3 Å². The van der Waals surface area contributed by atoms with Gasteiger partial charge in [-0.2, -0.15) is 0 Å². The molecule has 30 heavy (non-hydrogen) atoms. The maximum absolute atomic E-state index is 11.4. The topological polar surface area (TPSA) is 85.2 Å². The van der Waals surface area contributed by atoms with E-state index in [2.05, 4.69) is 0 Å². The molecule has 2 N–H and O–H groups in total. The van der Waals surface area contributed by atoms with Gasteiger partial charge in [0.1, 0.15) is 11.5 Å². The molecule has 6 nitrogen and oxygen atoms in total. The Balaban J connectivity index is 1.80. The van der Waals surface area contributed by atoms with Crippen LogP contribution in [0.15, 0.2) is 48.5 Å². The molecule has 2 aromatic carbocycles. The number of benzene rings is 2. The highest BCUT2D eigenvalue weighted by Crippen LogP contribution is 2.24. The van der Waals surface area contributed by atoms with Crippen LogP contribution in [0.4, 0.5) is 0 Å². The Morgan fingerprint density at radius 1 is 1.00 bits per heavy atom. The molecular weight excluding hydrogens is 384 g/mol.